The van der Waals surface area contributed by atoms with Crippen molar-refractivity contribution in [3.63, 3.8) is 0 Å². The maximum absolute atomic E-state index is 10.9. The zero-order valence-corrected chi connectivity index (χ0v) is 9.88. The van der Waals surface area contributed by atoms with Crippen molar-refractivity contribution < 1.29 is 8.42 Å². The Hall–Kier alpha value is -0.170. The lowest BCUT2D eigenvalue weighted by Gasteiger charge is -2.35. The van der Waals surface area contributed by atoms with Crippen molar-refractivity contribution in [2.75, 3.05) is 25.4 Å². The molecule has 1 aliphatic heterocycles. The Bertz CT molecular complexity index is 277. The second-order valence-electron chi connectivity index (χ2n) is 4.13. The van der Waals surface area contributed by atoms with Gasteiger partial charge in [-0.05, 0) is 32.4 Å². The molecule has 0 bridgehead atoms. The Morgan fingerprint density at radius 3 is 2.67 bits per heavy atom. The largest absolute Gasteiger partial charge is 0.330 e. The molecular formula is C9H21N3O2S. The lowest BCUT2D eigenvalue weighted by atomic mass is 9.99. The molecule has 0 aliphatic carbocycles. The van der Waals surface area contributed by atoms with Gasteiger partial charge in [0.1, 0.15) is 0 Å². The Morgan fingerprint density at radius 2 is 2.07 bits per heavy atom. The highest BCUT2D eigenvalue weighted by Crippen LogP contribution is 2.18. The number of primary sulfonamides is 1. The minimum absolute atomic E-state index is 0.0497. The van der Waals surface area contributed by atoms with Crippen LogP contribution >= 0.6 is 0 Å². The van der Waals surface area contributed by atoms with Crippen LogP contribution in [0.5, 0.6) is 0 Å². The van der Waals surface area contributed by atoms with Crippen molar-refractivity contribution in [3.8, 4) is 0 Å². The fourth-order valence-electron chi connectivity index (χ4n) is 2.12. The van der Waals surface area contributed by atoms with Crippen LogP contribution in [0.1, 0.15) is 25.7 Å². The molecule has 0 radical (unpaired) electrons. The van der Waals surface area contributed by atoms with Gasteiger partial charge in [-0.25, -0.2) is 13.6 Å². The summed E-state index contributed by atoms with van der Waals surface area (Å²) in [5.41, 5.74) is 5.53. The summed E-state index contributed by atoms with van der Waals surface area (Å²) in [6.45, 7) is 2.18. The average molecular weight is 235 g/mol. The van der Waals surface area contributed by atoms with E-state index in [1.165, 1.54) is 6.42 Å². The maximum atomic E-state index is 10.9. The molecule has 1 aliphatic rings. The molecule has 1 rings (SSSR count). The maximum Gasteiger partial charge on any atom is 0.210 e. The molecule has 90 valence electrons. The minimum atomic E-state index is -3.33. The number of rotatable bonds is 5. The SMILES string of the molecule is NCCC1CCCCN1CCS(N)(=O)=O. The smallest absolute Gasteiger partial charge is 0.210 e. The van der Waals surface area contributed by atoms with Gasteiger partial charge >= 0.3 is 0 Å². The third-order valence-corrected chi connectivity index (χ3v) is 3.66. The number of nitrogens with two attached hydrogens (primary N) is 2. The summed E-state index contributed by atoms with van der Waals surface area (Å²) in [5.74, 6) is 0.0497. The van der Waals surface area contributed by atoms with Gasteiger partial charge in [-0.2, -0.15) is 0 Å². The molecule has 0 aromatic carbocycles. The normalized spacial score (nSPS) is 24.3. The first kappa shape index (κ1) is 12.9. The molecule has 5 nitrogen and oxygen atoms in total. The molecule has 1 heterocycles. The summed E-state index contributed by atoms with van der Waals surface area (Å²) in [5, 5.41) is 4.99. The highest BCUT2D eigenvalue weighted by molar-refractivity contribution is 7.89. The average Bonchev–Trinajstić information content (AvgIpc) is 2.16. The molecular weight excluding hydrogens is 214 g/mol. The van der Waals surface area contributed by atoms with Crippen LogP contribution in [0.25, 0.3) is 0 Å². The van der Waals surface area contributed by atoms with E-state index in [4.69, 9.17) is 10.9 Å². The van der Waals surface area contributed by atoms with Gasteiger partial charge in [0.25, 0.3) is 0 Å². The number of nitrogens with zero attached hydrogens (tertiary/aromatic N) is 1. The van der Waals surface area contributed by atoms with Crippen LogP contribution in [0.3, 0.4) is 0 Å². The van der Waals surface area contributed by atoms with Crippen LogP contribution < -0.4 is 10.9 Å². The Morgan fingerprint density at radius 1 is 1.33 bits per heavy atom. The van der Waals surface area contributed by atoms with E-state index in [0.29, 0.717) is 19.1 Å². The molecule has 4 N–H and O–H groups in total. The monoisotopic (exact) mass is 235 g/mol. The highest BCUT2D eigenvalue weighted by Gasteiger charge is 2.22. The Kier molecular flexibility index (Phi) is 4.98. The highest BCUT2D eigenvalue weighted by atomic mass is 32.2. The molecule has 15 heavy (non-hydrogen) atoms. The first-order chi connectivity index (χ1) is 7.03. The summed E-state index contributed by atoms with van der Waals surface area (Å²) in [4.78, 5) is 2.21. The number of sulfonamides is 1. The van der Waals surface area contributed by atoms with Gasteiger partial charge in [-0.15, -0.1) is 0 Å². The number of hydrogen-bond acceptors (Lipinski definition) is 4. The molecule has 0 saturated carbocycles. The second kappa shape index (κ2) is 5.79. The van der Waals surface area contributed by atoms with Crippen LogP contribution in [0.15, 0.2) is 0 Å². The van der Waals surface area contributed by atoms with Crippen molar-refractivity contribution >= 4 is 10.0 Å². The van der Waals surface area contributed by atoms with Gasteiger partial charge in [-0.3, -0.25) is 4.90 Å². The van der Waals surface area contributed by atoms with Crippen LogP contribution in [0.4, 0.5) is 0 Å². The predicted octanol–water partition coefficient (Wildman–Crippen LogP) is -0.522. The third kappa shape index (κ3) is 4.92. The van der Waals surface area contributed by atoms with Gasteiger partial charge < -0.3 is 5.73 Å². The summed E-state index contributed by atoms with van der Waals surface area (Å²) in [6.07, 6.45) is 4.44. The van der Waals surface area contributed by atoms with E-state index in [1.54, 1.807) is 0 Å². The molecule has 1 saturated heterocycles. The van der Waals surface area contributed by atoms with Crippen LogP contribution in [-0.2, 0) is 10.0 Å². The minimum Gasteiger partial charge on any atom is -0.330 e. The van der Waals surface area contributed by atoms with Gasteiger partial charge in [0, 0.05) is 12.6 Å². The van der Waals surface area contributed by atoms with Gasteiger partial charge in [-0.1, -0.05) is 6.42 Å². The molecule has 0 aromatic rings. The molecule has 1 fully saturated rings. The van der Waals surface area contributed by atoms with Crippen LogP contribution in [0, 0.1) is 0 Å². The molecule has 6 heteroatoms. The Labute approximate surface area is 91.9 Å². The van der Waals surface area contributed by atoms with E-state index in [2.05, 4.69) is 4.90 Å². The van der Waals surface area contributed by atoms with Crippen molar-refractivity contribution in [1.82, 2.24) is 4.90 Å². The zero-order valence-electron chi connectivity index (χ0n) is 9.06. The number of hydrogen-bond donors (Lipinski definition) is 2. The van der Waals surface area contributed by atoms with Crippen molar-refractivity contribution in [2.45, 2.75) is 31.7 Å². The van der Waals surface area contributed by atoms with E-state index >= 15 is 0 Å². The molecule has 1 unspecified atom stereocenters. The summed E-state index contributed by atoms with van der Waals surface area (Å²) in [7, 11) is -3.33. The first-order valence-electron chi connectivity index (χ1n) is 5.47. The lowest BCUT2D eigenvalue weighted by Crippen LogP contribution is -2.43. The van der Waals surface area contributed by atoms with Crippen molar-refractivity contribution in [2.24, 2.45) is 10.9 Å². The Balaban J connectivity index is 2.42. The summed E-state index contributed by atoms with van der Waals surface area (Å²) >= 11 is 0. The van der Waals surface area contributed by atoms with Gasteiger partial charge in [0.2, 0.25) is 10.0 Å². The van der Waals surface area contributed by atoms with Gasteiger partial charge in [0.05, 0.1) is 5.75 Å². The fourth-order valence-corrected chi connectivity index (χ4v) is 2.61. The predicted molar refractivity (Wildman–Crippen MR) is 60.9 cm³/mol. The van der Waals surface area contributed by atoms with Gasteiger partial charge in [0.15, 0.2) is 0 Å². The molecule has 0 aromatic heterocycles. The number of likely N-dealkylation sites (tertiary alicyclic amines) is 1. The topological polar surface area (TPSA) is 89.4 Å². The van der Waals surface area contributed by atoms with Crippen molar-refractivity contribution in [3.05, 3.63) is 0 Å². The molecule has 0 amide bonds. The summed E-state index contributed by atoms with van der Waals surface area (Å²) in [6, 6.07) is 0.450. The zero-order chi connectivity index (χ0) is 11.3. The first-order valence-corrected chi connectivity index (χ1v) is 7.19. The van der Waals surface area contributed by atoms with E-state index in [-0.39, 0.29) is 5.75 Å². The molecule has 0 spiro atoms. The van der Waals surface area contributed by atoms with Crippen LogP contribution in [-0.4, -0.2) is 44.7 Å². The van der Waals surface area contributed by atoms with Crippen molar-refractivity contribution in [1.29, 1.82) is 0 Å². The fraction of sp³-hybridized carbons (Fsp3) is 1.00. The molecule has 1 atom stereocenters. The van der Waals surface area contributed by atoms with E-state index in [0.717, 1.165) is 25.8 Å². The van der Waals surface area contributed by atoms with E-state index in [1.807, 2.05) is 0 Å². The van der Waals surface area contributed by atoms with E-state index < -0.39 is 10.0 Å². The number of piperidine rings is 1. The van der Waals surface area contributed by atoms with E-state index in [9.17, 15) is 8.42 Å². The summed E-state index contributed by atoms with van der Waals surface area (Å²) < 4.78 is 21.7. The lowest BCUT2D eigenvalue weighted by molar-refractivity contribution is 0.151. The quantitative estimate of drug-likeness (QED) is 0.671. The standard InChI is InChI=1S/C9H21N3O2S/c10-5-4-9-3-1-2-6-12(9)7-8-15(11,13)14/h9H,1-8,10H2,(H2,11,13,14). The second-order valence-corrected chi connectivity index (χ2v) is 5.86. The third-order valence-electron chi connectivity index (χ3n) is 2.91. The van der Waals surface area contributed by atoms with Crippen LogP contribution in [0.2, 0.25) is 0 Å².